The molecule has 0 fully saturated rings. The number of hydrogen-bond donors (Lipinski definition) is 1. The second kappa shape index (κ2) is 8.22. The molecule has 1 N–H and O–H groups in total. The van der Waals surface area contributed by atoms with Crippen molar-refractivity contribution >= 4 is 11.3 Å². The molecule has 0 bridgehead atoms. The third kappa shape index (κ3) is 4.53. The van der Waals surface area contributed by atoms with E-state index < -0.39 is 0 Å². The quantitative estimate of drug-likeness (QED) is 0.595. The van der Waals surface area contributed by atoms with Crippen molar-refractivity contribution in [2.75, 3.05) is 6.54 Å². The van der Waals surface area contributed by atoms with E-state index >= 15 is 0 Å². The van der Waals surface area contributed by atoms with Crippen LogP contribution in [0.4, 0.5) is 0 Å². The van der Waals surface area contributed by atoms with E-state index in [4.69, 9.17) is 0 Å². The zero-order valence-electron chi connectivity index (χ0n) is 14.3. The molecule has 0 aliphatic rings. The maximum atomic E-state index is 4.55. The van der Waals surface area contributed by atoms with Crippen LogP contribution in [-0.4, -0.2) is 11.5 Å². The minimum Gasteiger partial charge on any atom is -0.310 e. The van der Waals surface area contributed by atoms with Crippen molar-refractivity contribution in [3.8, 4) is 10.4 Å². The summed E-state index contributed by atoms with van der Waals surface area (Å²) in [6.45, 7) is 6.26. The average Bonchev–Trinajstić information content (AvgIpc) is 3.09. The zero-order valence-corrected chi connectivity index (χ0v) is 15.1. The second-order valence-corrected chi connectivity index (χ2v) is 7.42. The van der Waals surface area contributed by atoms with Crippen LogP contribution < -0.4 is 5.32 Å². The summed E-state index contributed by atoms with van der Waals surface area (Å²) in [5, 5.41) is 4.63. The van der Waals surface area contributed by atoms with E-state index in [1.54, 1.807) is 11.3 Å². The van der Waals surface area contributed by atoms with Gasteiger partial charge >= 0.3 is 0 Å². The highest BCUT2D eigenvalue weighted by Gasteiger charge is 2.05. The maximum absolute atomic E-state index is 4.55. The first-order chi connectivity index (χ1) is 11.7. The van der Waals surface area contributed by atoms with Gasteiger partial charge in [-0.05, 0) is 35.6 Å². The van der Waals surface area contributed by atoms with Crippen LogP contribution in [0.1, 0.15) is 35.9 Å². The molecule has 3 rings (SSSR count). The number of nitrogens with zero attached hydrogens (tertiary/aromatic N) is 1. The summed E-state index contributed by atoms with van der Waals surface area (Å²) < 4.78 is 0. The molecule has 1 heterocycles. The number of thiazole rings is 1. The molecule has 2 aromatic carbocycles. The van der Waals surface area contributed by atoms with Gasteiger partial charge in [-0.2, -0.15) is 0 Å². The van der Waals surface area contributed by atoms with Crippen molar-refractivity contribution in [3.63, 3.8) is 0 Å². The third-order valence-electron chi connectivity index (χ3n) is 4.12. The molecule has 0 saturated carbocycles. The van der Waals surface area contributed by atoms with Gasteiger partial charge in [0.15, 0.2) is 0 Å². The van der Waals surface area contributed by atoms with Crippen molar-refractivity contribution in [1.82, 2.24) is 10.3 Å². The molecular formula is C21H24N2S. The van der Waals surface area contributed by atoms with Gasteiger partial charge in [0.25, 0.3) is 0 Å². The number of benzene rings is 2. The summed E-state index contributed by atoms with van der Waals surface area (Å²) in [6, 6.07) is 19.4. The Hall–Kier alpha value is -1.97. The lowest BCUT2D eigenvalue weighted by Gasteiger charge is -2.05. The first-order valence-corrected chi connectivity index (χ1v) is 9.33. The van der Waals surface area contributed by atoms with Gasteiger partial charge < -0.3 is 5.32 Å². The van der Waals surface area contributed by atoms with Gasteiger partial charge in [0.1, 0.15) is 5.01 Å². The van der Waals surface area contributed by atoms with E-state index in [0.717, 1.165) is 24.5 Å². The largest absolute Gasteiger partial charge is 0.310 e. The first-order valence-electron chi connectivity index (χ1n) is 8.52. The predicted molar refractivity (Wildman–Crippen MR) is 103 cm³/mol. The molecule has 0 radical (unpaired) electrons. The lowest BCUT2D eigenvalue weighted by Crippen LogP contribution is -2.16. The Bertz CT molecular complexity index is 745. The van der Waals surface area contributed by atoms with E-state index in [-0.39, 0.29) is 0 Å². The van der Waals surface area contributed by atoms with Crippen molar-refractivity contribution in [2.45, 2.75) is 32.7 Å². The van der Waals surface area contributed by atoms with E-state index in [1.165, 1.54) is 21.6 Å². The van der Waals surface area contributed by atoms with Gasteiger partial charge in [0.05, 0.1) is 4.88 Å². The number of aromatic nitrogens is 1. The Morgan fingerprint density at radius 2 is 1.75 bits per heavy atom. The highest BCUT2D eigenvalue weighted by molar-refractivity contribution is 7.15. The lowest BCUT2D eigenvalue weighted by atomic mass is 10.0. The van der Waals surface area contributed by atoms with Gasteiger partial charge in [-0.15, -0.1) is 11.3 Å². The van der Waals surface area contributed by atoms with Gasteiger partial charge in [0, 0.05) is 12.7 Å². The van der Waals surface area contributed by atoms with Crippen molar-refractivity contribution in [1.29, 1.82) is 0 Å². The van der Waals surface area contributed by atoms with Crippen molar-refractivity contribution in [2.24, 2.45) is 0 Å². The Balaban J connectivity index is 1.52. The molecule has 0 aliphatic carbocycles. The predicted octanol–water partition coefficient (Wildman–Crippen LogP) is 5.27. The van der Waals surface area contributed by atoms with Gasteiger partial charge in [-0.3, -0.25) is 0 Å². The van der Waals surface area contributed by atoms with Crippen LogP contribution in [0.3, 0.4) is 0 Å². The lowest BCUT2D eigenvalue weighted by molar-refractivity contribution is 0.684. The molecule has 0 unspecified atom stereocenters. The SMILES string of the molecule is CC(C)c1ccc(-c2cnc(CNCCc3ccccc3)s2)cc1. The standard InChI is InChI=1S/C21H24N2S/c1-16(2)18-8-10-19(11-9-18)20-14-23-21(24-20)15-22-13-12-17-6-4-3-5-7-17/h3-11,14,16,22H,12-13,15H2,1-2H3. The van der Waals surface area contributed by atoms with E-state index in [1.807, 2.05) is 6.20 Å². The molecule has 1 aromatic heterocycles. The average molecular weight is 337 g/mol. The summed E-state index contributed by atoms with van der Waals surface area (Å²) in [5.74, 6) is 0.574. The molecule has 124 valence electrons. The molecule has 2 nitrogen and oxygen atoms in total. The van der Waals surface area contributed by atoms with Crippen LogP contribution >= 0.6 is 11.3 Å². The fourth-order valence-electron chi connectivity index (χ4n) is 2.63. The van der Waals surface area contributed by atoms with E-state index in [9.17, 15) is 0 Å². The summed E-state index contributed by atoms with van der Waals surface area (Å²) in [6.07, 6.45) is 3.04. The highest BCUT2D eigenvalue weighted by Crippen LogP contribution is 2.27. The number of nitrogens with one attached hydrogen (secondary N) is 1. The molecule has 0 amide bonds. The van der Waals surface area contributed by atoms with Gasteiger partial charge in [-0.25, -0.2) is 4.98 Å². The monoisotopic (exact) mass is 336 g/mol. The zero-order chi connectivity index (χ0) is 16.8. The van der Waals surface area contributed by atoms with Crippen LogP contribution in [0.2, 0.25) is 0 Å². The Kier molecular flexibility index (Phi) is 5.78. The van der Waals surface area contributed by atoms with Crippen LogP contribution in [0.5, 0.6) is 0 Å². The molecule has 3 aromatic rings. The fraction of sp³-hybridized carbons (Fsp3) is 0.286. The maximum Gasteiger partial charge on any atom is 0.107 e. The highest BCUT2D eigenvalue weighted by atomic mass is 32.1. The minimum atomic E-state index is 0.574. The minimum absolute atomic E-state index is 0.574. The van der Waals surface area contributed by atoms with Crippen LogP contribution in [0.15, 0.2) is 60.8 Å². The summed E-state index contributed by atoms with van der Waals surface area (Å²) in [7, 11) is 0. The Morgan fingerprint density at radius 1 is 1.00 bits per heavy atom. The first kappa shape index (κ1) is 16.9. The normalized spacial score (nSPS) is 11.1. The van der Waals surface area contributed by atoms with Crippen molar-refractivity contribution < 1.29 is 0 Å². The van der Waals surface area contributed by atoms with Crippen LogP contribution in [0, 0.1) is 0 Å². The summed E-state index contributed by atoms with van der Waals surface area (Å²) >= 11 is 1.77. The second-order valence-electron chi connectivity index (χ2n) is 6.31. The molecule has 24 heavy (non-hydrogen) atoms. The molecular weight excluding hydrogens is 312 g/mol. The van der Waals surface area contributed by atoms with Crippen LogP contribution in [0.25, 0.3) is 10.4 Å². The van der Waals surface area contributed by atoms with E-state index in [0.29, 0.717) is 5.92 Å². The smallest absolute Gasteiger partial charge is 0.107 e. The fourth-order valence-corrected chi connectivity index (χ4v) is 3.52. The molecule has 3 heteroatoms. The Labute approximate surface area is 148 Å². The van der Waals surface area contributed by atoms with Gasteiger partial charge in [0.2, 0.25) is 0 Å². The van der Waals surface area contributed by atoms with Crippen molar-refractivity contribution in [3.05, 3.63) is 76.9 Å². The van der Waals surface area contributed by atoms with Crippen LogP contribution in [-0.2, 0) is 13.0 Å². The van der Waals surface area contributed by atoms with E-state index in [2.05, 4.69) is 78.7 Å². The third-order valence-corrected chi connectivity index (χ3v) is 5.17. The van der Waals surface area contributed by atoms with Gasteiger partial charge in [-0.1, -0.05) is 68.4 Å². The molecule has 0 saturated heterocycles. The summed E-state index contributed by atoms with van der Waals surface area (Å²) in [4.78, 5) is 5.79. The Morgan fingerprint density at radius 3 is 2.46 bits per heavy atom. The molecule has 0 spiro atoms. The summed E-state index contributed by atoms with van der Waals surface area (Å²) in [5.41, 5.74) is 4.01. The number of hydrogen-bond acceptors (Lipinski definition) is 3. The topological polar surface area (TPSA) is 24.9 Å². The molecule has 0 atom stereocenters. The number of rotatable bonds is 7. The molecule has 0 aliphatic heterocycles.